The van der Waals surface area contributed by atoms with Crippen molar-refractivity contribution >= 4 is 0 Å². The largest absolute Gasteiger partial charge is 0.393 e. The fourth-order valence-corrected chi connectivity index (χ4v) is 1.48. The summed E-state index contributed by atoms with van der Waals surface area (Å²) in [6.07, 6.45) is 3.08. The quantitative estimate of drug-likeness (QED) is 0.846. The summed E-state index contributed by atoms with van der Waals surface area (Å²) in [6.45, 7) is 1.78. The number of aryl methyl sites for hydroxylation is 1. The first-order valence-corrected chi connectivity index (χ1v) is 5.40. The first kappa shape index (κ1) is 10.8. The van der Waals surface area contributed by atoms with Crippen LogP contribution >= 0.6 is 0 Å². The molecule has 0 saturated carbocycles. The number of hydrogen-bond donors (Lipinski definition) is 1. The van der Waals surface area contributed by atoms with Crippen LogP contribution < -0.4 is 0 Å². The molecule has 0 amide bonds. The molecule has 4 heteroatoms. The molecule has 0 spiro atoms. The lowest BCUT2D eigenvalue weighted by molar-refractivity contribution is 0.184. The Morgan fingerprint density at radius 2 is 2.06 bits per heavy atom. The molecule has 0 unspecified atom stereocenters. The summed E-state index contributed by atoms with van der Waals surface area (Å²) in [7, 11) is 0. The van der Waals surface area contributed by atoms with Gasteiger partial charge in [0.15, 0.2) is 0 Å². The maximum absolute atomic E-state index is 9.18. The van der Waals surface area contributed by atoms with Gasteiger partial charge in [-0.25, -0.2) is 4.68 Å². The van der Waals surface area contributed by atoms with E-state index in [0.29, 0.717) is 6.42 Å². The van der Waals surface area contributed by atoms with Crippen molar-refractivity contribution in [2.45, 2.75) is 25.9 Å². The Hall–Kier alpha value is -1.68. The molecule has 1 aromatic carbocycles. The summed E-state index contributed by atoms with van der Waals surface area (Å²) < 4.78 is 1.75. The second-order valence-electron chi connectivity index (χ2n) is 3.88. The summed E-state index contributed by atoms with van der Waals surface area (Å²) in [5.74, 6) is 0. The van der Waals surface area contributed by atoms with Gasteiger partial charge in [0, 0.05) is 0 Å². The Bertz CT molecular complexity index is 437. The van der Waals surface area contributed by atoms with Gasteiger partial charge in [0.05, 0.1) is 23.7 Å². The average molecular weight is 217 g/mol. The van der Waals surface area contributed by atoms with Crippen LogP contribution in [0.15, 0.2) is 36.5 Å². The Kier molecular flexibility index (Phi) is 3.31. The molecule has 84 valence electrons. The van der Waals surface area contributed by atoms with Crippen LogP contribution in [0.3, 0.4) is 0 Å². The number of benzene rings is 1. The molecular weight excluding hydrogens is 202 g/mol. The lowest BCUT2D eigenvalue weighted by Gasteiger charge is -1.99. The smallest absolute Gasteiger partial charge is 0.0832 e. The summed E-state index contributed by atoms with van der Waals surface area (Å²) >= 11 is 0. The van der Waals surface area contributed by atoms with Gasteiger partial charge in [-0.1, -0.05) is 23.4 Å². The van der Waals surface area contributed by atoms with E-state index in [1.807, 2.05) is 36.5 Å². The topological polar surface area (TPSA) is 50.9 Å². The zero-order chi connectivity index (χ0) is 11.4. The van der Waals surface area contributed by atoms with E-state index < -0.39 is 0 Å². The van der Waals surface area contributed by atoms with Crippen molar-refractivity contribution in [2.24, 2.45) is 0 Å². The highest BCUT2D eigenvalue weighted by atomic mass is 16.3. The molecule has 0 aliphatic rings. The predicted octanol–water partition coefficient (Wildman–Crippen LogP) is 1.58. The van der Waals surface area contributed by atoms with Gasteiger partial charge in [-0.05, 0) is 31.9 Å². The Balaban J connectivity index is 2.08. The van der Waals surface area contributed by atoms with Crippen molar-refractivity contribution in [1.29, 1.82) is 0 Å². The van der Waals surface area contributed by atoms with Crippen molar-refractivity contribution < 1.29 is 5.11 Å². The first-order chi connectivity index (χ1) is 7.75. The van der Waals surface area contributed by atoms with Gasteiger partial charge in [-0.15, -0.1) is 5.10 Å². The third-order valence-corrected chi connectivity index (χ3v) is 2.38. The number of aliphatic hydroxyl groups excluding tert-OH is 1. The van der Waals surface area contributed by atoms with Crippen LogP contribution in [0.4, 0.5) is 0 Å². The summed E-state index contributed by atoms with van der Waals surface area (Å²) in [5.41, 5.74) is 1.91. The SMILES string of the molecule is C[C@@H](O)CCc1cn(-c2ccccc2)nn1. The van der Waals surface area contributed by atoms with Crippen LogP contribution in [0.5, 0.6) is 0 Å². The van der Waals surface area contributed by atoms with Crippen molar-refractivity contribution in [3.8, 4) is 5.69 Å². The summed E-state index contributed by atoms with van der Waals surface area (Å²) in [5, 5.41) is 17.3. The molecule has 1 N–H and O–H groups in total. The number of aromatic nitrogens is 3. The van der Waals surface area contributed by atoms with Crippen LogP contribution in [-0.2, 0) is 6.42 Å². The van der Waals surface area contributed by atoms with Crippen molar-refractivity contribution in [3.63, 3.8) is 0 Å². The van der Waals surface area contributed by atoms with Gasteiger partial charge in [0.25, 0.3) is 0 Å². The zero-order valence-corrected chi connectivity index (χ0v) is 9.24. The van der Waals surface area contributed by atoms with Gasteiger partial charge in [0.2, 0.25) is 0 Å². The minimum Gasteiger partial charge on any atom is -0.393 e. The fourth-order valence-electron chi connectivity index (χ4n) is 1.48. The molecule has 4 nitrogen and oxygen atoms in total. The van der Waals surface area contributed by atoms with Crippen LogP contribution in [0.1, 0.15) is 19.0 Å². The molecule has 0 radical (unpaired) electrons. The van der Waals surface area contributed by atoms with Crippen LogP contribution in [0.2, 0.25) is 0 Å². The van der Waals surface area contributed by atoms with Gasteiger partial charge in [-0.2, -0.15) is 0 Å². The zero-order valence-electron chi connectivity index (χ0n) is 9.24. The predicted molar refractivity (Wildman–Crippen MR) is 61.4 cm³/mol. The third-order valence-electron chi connectivity index (χ3n) is 2.38. The molecule has 1 heterocycles. The highest BCUT2D eigenvalue weighted by molar-refractivity contribution is 5.29. The molecule has 1 atom stereocenters. The molecule has 0 aliphatic heterocycles. The molecule has 1 aromatic heterocycles. The van der Waals surface area contributed by atoms with Crippen LogP contribution in [-0.4, -0.2) is 26.2 Å². The normalized spacial score (nSPS) is 12.6. The molecule has 16 heavy (non-hydrogen) atoms. The molecule has 2 aromatic rings. The monoisotopic (exact) mass is 217 g/mol. The fraction of sp³-hybridized carbons (Fsp3) is 0.333. The van der Waals surface area contributed by atoms with E-state index in [1.54, 1.807) is 11.6 Å². The lowest BCUT2D eigenvalue weighted by Crippen LogP contribution is -2.01. The van der Waals surface area contributed by atoms with Crippen LogP contribution in [0, 0.1) is 0 Å². The molecule has 0 saturated heterocycles. The van der Waals surface area contributed by atoms with Crippen molar-refractivity contribution in [1.82, 2.24) is 15.0 Å². The minimum atomic E-state index is -0.290. The highest BCUT2D eigenvalue weighted by Gasteiger charge is 2.03. The third kappa shape index (κ3) is 2.67. The number of hydrogen-bond acceptors (Lipinski definition) is 3. The number of para-hydroxylation sites is 1. The number of nitrogens with zero attached hydrogens (tertiary/aromatic N) is 3. The van der Waals surface area contributed by atoms with Gasteiger partial charge < -0.3 is 5.11 Å². The second-order valence-corrected chi connectivity index (χ2v) is 3.88. The maximum atomic E-state index is 9.18. The van der Waals surface area contributed by atoms with E-state index in [1.165, 1.54) is 0 Å². The van der Waals surface area contributed by atoms with E-state index >= 15 is 0 Å². The maximum Gasteiger partial charge on any atom is 0.0832 e. The van der Waals surface area contributed by atoms with Crippen molar-refractivity contribution in [3.05, 3.63) is 42.2 Å². The number of aliphatic hydroxyl groups is 1. The first-order valence-electron chi connectivity index (χ1n) is 5.40. The van der Waals surface area contributed by atoms with E-state index in [9.17, 15) is 5.11 Å². The van der Waals surface area contributed by atoms with E-state index in [4.69, 9.17) is 0 Å². The second kappa shape index (κ2) is 4.90. The Morgan fingerprint density at radius 1 is 1.31 bits per heavy atom. The lowest BCUT2D eigenvalue weighted by atomic mass is 10.2. The van der Waals surface area contributed by atoms with Gasteiger partial charge >= 0.3 is 0 Å². The summed E-state index contributed by atoms with van der Waals surface area (Å²) in [6, 6.07) is 9.86. The molecule has 2 rings (SSSR count). The average Bonchev–Trinajstić information content (AvgIpc) is 2.76. The minimum absolute atomic E-state index is 0.290. The number of rotatable bonds is 4. The highest BCUT2D eigenvalue weighted by Crippen LogP contribution is 2.07. The molecule has 0 aliphatic carbocycles. The Labute approximate surface area is 94.5 Å². The van der Waals surface area contributed by atoms with Gasteiger partial charge in [-0.3, -0.25) is 0 Å². The van der Waals surface area contributed by atoms with Crippen molar-refractivity contribution in [2.75, 3.05) is 0 Å². The van der Waals surface area contributed by atoms with Gasteiger partial charge in [0.1, 0.15) is 0 Å². The van der Waals surface area contributed by atoms with E-state index in [2.05, 4.69) is 10.3 Å². The standard InChI is InChI=1S/C12H15N3O/c1-10(16)7-8-11-9-15(14-13-11)12-5-3-2-4-6-12/h2-6,9-10,16H,7-8H2,1H3/t10-/m1/s1. The van der Waals surface area contributed by atoms with Crippen LogP contribution in [0.25, 0.3) is 5.69 Å². The Morgan fingerprint density at radius 3 is 2.75 bits per heavy atom. The molecular formula is C12H15N3O. The molecule has 0 bridgehead atoms. The molecule has 0 fully saturated rings. The van der Waals surface area contributed by atoms with E-state index in [0.717, 1.165) is 17.8 Å². The van der Waals surface area contributed by atoms with E-state index in [-0.39, 0.29) is 6.10 Å². The summed E-state index contributed by atoms with van der Waals surface area (Å²) in [4.78, 5) is 0.